The zero-order chi connectivity index (χ0) is 16.9. The van der Waals surface area contributed by atoms with E-state index in [1.807, 2.05) is 25.1 Å². The Morgan fingerprint density at radius 1 is 1.29 bits per heavy atom. The molecule has 2 N–H and O–H groups in total. The summed E-state index contributed by atoms with van der Waals surface area (Å²) in [5.74, 6) is -0.323. The Morgan fingerprint density at radius 2 is 2.08 bits per heavy atom. The van der Waals surface area contributed by atoms with E-state index in [1.165, 1.54) is 0 Å². The first-order valence-electron chi connectivity index (χ1n) is 8.88. The minimum absolute atomic E-state index is 0.125. The highest BCUT2D eigenvalue weighted by Gasteiger charge is 2.31. The second kappa shape index (κ2) is 8.05. The molecule has 0 aromatic carbocycles. The van der Waals surface area contributed by atoms with E-state index in [4.69, 9.17) is 10.5 Å². The van der Waals surface area contributed by atoms with Crippen molar-refractivity contribution in [2.24, 2.45) is 11.7 Å². The van der Waals surface area contributed by atoms with Gasteiger partial charge in [-0.2, -0.15) is 0 Å². The molecule has 2 fully saturated rings. The molecule has 3 heterocycles. The van der Waals surface area contributed by atoms with Crippen LogP contribution in [-0.2, 0) is 16.1 Å². The number of hydrogen-bond acceptors (Lipinski definition) is 5. The van der Waals surface area contributed by atoms with Gasteiger partial charge in [-0.25, -0.2) is 0 Å². The summed E-state index contributed by atoms with van der Waals surface area (Å²) in [6.07, 6.45) is 2.09. The monoisotopic (exact) mass is 332 g/mol. The van der Waals surface area contributed by atoms with Gasteiger partial charge in [0.1, 0.15) is 0 Å². The lowest BCUT2D eigenvalue weighted by Crippen LogP contribution is -2.44. The van der Waals surface area contributed by atoms with Crippen LogP contribution in [0.15, 0.2) is 18.2 Å². The molecule has 6 nitrogen and oxygen atoms in total. The molecule has 0 radical (unpaired) electrons. The predicted molar refractivity (Wildman–Crippen MR) is 92.3 cm³/mol. The molecule has 0 aliphatic carbocycles. The molecular weight excluding hydrogens is 304 g/mol. The van der Waals surface area contributed by atoms with Crippen LogP contribution in [0.5, 0.6) is 0 Å². The number of pyridine rings is 1. The second-order valence-corrected chi connectivity index (χ2v) is 6.94. The molecule has 0 spiro atoms. The van der Waals surface area contributed by atoms with Crippen molar-refractivity contribution in [1.82, 2.24) is 14.8 Å². The standard InChI is InChI=1S/C18H28N4O2/c1-14-3-2-4-16(20-14)13-21-7-8-22(12-15(11-21)18(19)23)17-5-9-24-10-6-17/h2-4,15,17H,5-13H2,1H3,(H2,19,23)/t15-/m0/s1. The Hall–Kier alpha value is -1.50. The van der Waals surface area contributed by atoms with Crippen LogP contribution < -0.4 is 5.73 Å². The fraction of sp³-hybridized carbons (Fsp3) is 0.667. The fourth-order valence-electron chi connectivity index (χ4n) is 3.73. The third kappa shape index (κ3) is 4.53. The summed E-state index contributed by atoms with van der Waals surface area (Å²) in [4.78, 5) is 21.3. The Bertz CT molecular complexity index is 560. The molecule has 3 rings (SSSR count). The van der Waals surface area contributed by atoms with E-state index in [0.29, 0.717) is 12.6 Å². The fourth-order valence-corrected chi connectivity index (χ4v) is 3.73. The van der Waals surface area contributed by atoms with Crippen molar-refractivity contribution in [3.63, 3.8) is 0 Å². The first kappa shape index (κ1) is 17.3. The smallest absolute Gasteiger partial charge is 0.223 e. The third-order valence-corrected chi connectivity index (χ3v) is 5.08. The van der Waals surface area contributed by atoms with Gasteiger partial charge in [-0.15, -0.1) is 0 Å². The number of primary amides is 1. The predicted octanol–water partition coefficient (Wildman–Crippen LogP) is 0.788. The van der Waals surface area contributed by atoms with Crippen molar-refractivity contribution in [2.45, 2.75) is 32.4 Å². The number of nitrogens with two attached hydrogens (primary N) is 1. The number of rotatable bonds is 4. The van der Waals surface area contributed by atoms with Crippen LogP contribution in [-0.4, -0.2) is 66.1 Å². The number of carbonyl (C=O) groups excluding carboxylic acids is 1. The first-order valence-corrected chi connectivity index (χ1v) is 8.88. The average molecular weight is 332 g/mol. The summed E-state index contributed by atoms with van der Waals surface area (Å²) in [5, 5.41) is 0. The first-order chi connectivity index (χ1) is 11.6. The molecule has 1 aromatic heterocycles. The van der Waals surface area contributed by atoms with E-state index in [-0.39, 0.29) is 11.8 Å². The molecule has 24 heavy (non-hydrogen) atoms. The highest BCUT2D eigenvalue weighted by molar-refractivity contribution is 5.77. The average Bonchev–Trinajstić information content (AvgIpc) is 2.79. The SMILES string of the molecule is Cc1cccc(CN2CCN(C3CCOCC3)C[C@@H](C(N)=O)C2)n1. The van der Waals surface area contributed by atoms with E-state index < -0.39 is 0 Å². The highest BCUT2D eigenvalue weighted by Crippen LogP contribution is 2.20. The van der Waals surface area contributed by atoms with Gasteiger partial charge in [0.25, 0.3) is 0 Å². The van der Waals surface area contributed by atoms with Gasteiger partial charge in [0, 0.05) is 57.7 Å². The van der Waals surface area contributed by atoms with Gasteiger partial charge in [0.2, 0.25) is 5.91 Å². The third-order valence-electron chi connectivity index (χ3n) is 5.08. The van der Waals surface area contributed by atoms with Crippen LogP contribution in [0.25, 0.3) is 0 Å². The Kier molecular flexibility index (Phi) is 5.81. The Labute approximate surface area is 144 Å². The number of hydrogen-bond donors (Lipinski definition) is 1. The molecular formula is C18H28N4O2. The molecule has 0 bridgehead atoms. The van der Waals surface area contributed by atoms with Crippen molar-refractivity contribution in [2.75, 3.05) is 39.4 Å². The van der Waals surface area contributed by atoms with Crippen molar-refractivity contribution < 1.29 is 9.53 Å². The number of aromatic nitrogens is 1. The Balaban J connectivity index is 1.67. The number of carbonyl (C=O) groups is 1. The molecule has 1 amide bonds. The summed E-state index contributed by atoms with van der Waals surface area (Å²) in [5.41, 5.74) is 7.75. The zero-order valence-electron chi connectivity index (χ0n) is 14.5. The van der Waals surface area contributed by atoms with Gasteiger partial charge in [-0.3, -0.25) is 19.6 Å². The molecule has 0 saturated carbocycles. The van der Waals surface area contributed by atoms with Gasteiger partial charge in [-0.05, 0) is 31.9 Å². The van der Waals surface area contributed by atoms with Crippen LogP contribution in [0.2, 0.25) is 0 Å². The maximum atomic E-state index is 11.9. The number of ether oxygens (including phenoxy) is 1. The molecule has 1 aromatic rings. The van der Waals surface area contributed by atoms with Crippen LogP contribution >= 0.6 is 0 Å². The molecule has 2 aliphatic heterocycles. The summed E-state index contributed by atoms with van der Waals surface area (Å²) >= 11 is 0. The van der Waals surface area contributed by atoms with E-state index in [9.17, 15) is 4.79 Å². The molecule has 0 unspecified atom stereocenters. The summed E-state index contributed by atoms with van der Waals surface area (Å²) in [6.45, 7) is 7.80. The molecule has 6 heteroatoms. The van der Waals surface area contributed by atoms with Gasteiger partial charge in [0.15, 0.2) is 0 Å². The van der Waals surface area contributed by atoms with E-state index in [0.717, 1.165) is 63.6 Å². The maximum absolute atomic E-state index is 11.9. The normalized spacial score (nSPS) is 24.6. The molecule has 2 saturated heterocycles. The Morgan fingerprint density at radius 3 is 2.79 bits per heavy atom. The van der Waals surface area contributed by atoms with Crippen LogP contribution in [0.1, 0.15) is 24.2 Å². The lowest BCUT2D eigenvalue weighted by atomic mass is 10.0. The quantitative estimate of drug-likeness (QED) is 0.882. The van der Waals surface area contributed by atoms with Gasteiger partial charge in [0.05, 0.1) is 11.6 Å². The van der Waals surface area contributed by atoms with Gasteiger partial charge in [-0.1, -0.05) is 6.07 Å². The van der Waals surface area contributed by atoms with Crippen LogP contribution in [0.3, 0.4) is 0 Å². The van der Waals surface area contributed by atoms with Crippen molar-refractivity contribution in [3.05, 3.63) is 29.6 Å². The zero-order valence-corrected chi connectivity index (χ0v) is 14.5. The molecule has 132 valence electrons. The van der Waals surface area contributed by atoms with Crippen molar-refractivity contribution >= 4 is 5.91 Å². The molecule has 1 atom stereocenters. The van der Waals surface area contributed by atoms with E-state index in [2.05, 4.69) is 14.8 Å². The highest BCUT2D eigenvalue weighted by atomic mass is 16.5. The maximum Gasteiger partial charge on any atom is 0.223 e. The van der Waals surface area contributed by atoms with E-state index in [1.54, 1.807) is 0 Å². The lowest BCUT2D eigenvalue weighted by molar-refractivity contribution is -0.122. The second-order valence-electron chi connectivity index (χ2n) is 6.94. The minimum atomic E-state index is -0.198. The minimum Gasteiger partial charge on any atom is -0.381 e. The summed E-state index contributed by atoms with van der Waals surface area (Å²) in [6, 6.07) is 6.60. The van der Waals surface area contributed by atoms with E-state index >= 15 is 0 Å². The summed E-state index contributed by atoms with van der Waals surface area (Å²) in [7, 11) is 0. The lowest BCUT2D eigenvalue weighted by Gasteiger charge is -2.34. The van der Waals surface area contributed by atoms with Crippen LogP contribution in [0, 0.1) is 12.8 Å². The van der Waals surface area contributed by atoms with Crippen molar-refractivity contribution in [1.29, 1.82) is 0 Å². The van der Waals surface area contributed by atoms with Crippen molar-refractivity contribution in [3.8, 4) is 0 Å². The number of nitrogens with zero attached hydrogens (tertiary/aromatic N) is 3. The topological polar surface area (TPSA) is 71.7 Å². The van der Waals surface area contributed by atoms with Gasteiger partial charge < -0.3 is 10.5 Å². The van der Waals surface area contributed by atoms with Gasteiger partial charge >= 0.3 is 0 Å². The molecule has 2 aliphatic rings. The largest absolute Gasteiger partial charge is 0.381 e. The summed E-state index contributed by atoms with van der Waals surface area (Å²) < 4.78 is 5.47. The number of aryl methyl sites for hydroxylation is 1. The van der Waals surface area contributed by atoms with Crippen LogP contribution in [0.4, 0.5) is 0 Å². The number of amides is 1.